The molecule has 0 radical (unpaired) electrons. The normalized spacial score (nSPS) is 22.9. The summed E-state index contributed by atoms with van der Waals surface area (Å²) in [6.45, 7) is 12.7. The van der Waals surface area contributed by atoms with Crippen molar-refractivity contribution in [1.82, 2.24) is 4.90 Å². The summed E-state index contributed by atoms with van der Waals surface area (Å²) in [6.07, 6.45) is 1.43. The monoisotopic (exact) mass is 327 g/mol. The van der Waals surface area contributed by atoms with Gasteiger partial charge in [-0.1, -0.05) is 26.8 Å². The molecule has 0 saturated carbocycles. The van der Waals surface area contributed by atoms with Crippen molar-refractivity contribution in [2.24, 2.45) is 5.41 Å². The van der Waals surface area contributed by atoms with Crippen molar-refractivity contribution in [2.75, 3.05) is 13.2 Å². The summed E-state index contributed by atoms with van der Waals surface area (Å²) >= 11 is 0. The average Bonchev–Trinajstić information content (AvgIpc) is 2.80. The topological polar surface area (TPSA) is 76.1 Å². The Morgan fingerprint density at radius 3 is 2.26 bits per heavy atom. The lowest BCUT2D eigenvalue weighted by molar-refractivity contribution is -0.164. The van der Waals surface area contributed by atoms with Crippen LogP contribution in [0.4, 0.5) is 4.79 Å². The van der Waals surface area contributed by atoms with Crippen LogP contribution < -0.4 is 0 Å². The van der Waals surface area contributed by atoms with Crippen molar-refractivity contribution in [3.8, 4) is 0 Å². The van der Waals surface area contributed by atoms with Gasteiger partial charge >= 0.3 is 12.1 Å². The molecule has 0 aromatic carbocycles. The van der Waals surface area contributed by atoms with Crippen LogP contribution in [-0.4, -0.2) is 52.5 Å². The molecule has 0 aromatic heterocycles. The average molecular weight is 327 g/mol. The van der Waals surface area contributed by atoms with Gasteiger partial charge in [-0.15, -0.1) is 0 Å². The van der Waals surface area contributed by atoms with Crippen LogP contribution in [0.15, 0.2) is 12.2 Å². The van der Waals surface area contributed by atoms with Crippen LogP contribution in [0, 0.1) is 5.41 Å². The van der Waals surface area contributed by atoms with Gasteiger partial charge in [0.05, 0.1) is 12.7 Å². The molecule has 0 aliphatic carbocycles. The first kappa shape index (κ1) is 19.5. The molecular formula is C17H29NO5. The second kappa shape index (κ2) is 6.51. The third kappa shape index (κ3) is 4.05. The Kier molecular flexibility index (Phi) is 5.52. The molecule has 1 aliphatic rings. The van der Waals surface area contributed by atoms with Gasteiger partial charge in [-0.25, -0.2) is 9.59 Å². The number of hydrogen-bond acceptors (Lipinski definition) is 5. The van der Waals surface area contributed by atoms with E-state index < -0.39 is 34.7 Å². The molecule has 0 unspecified atom stereocenters. The highest BCUT2D eigenvalue weighted by Gasteiger charge is 2.57. The molecule has 6 heteroatoms. The van der Waals surface area contributed by atoms with Crippen molar-refractivity contribution in [3.05, 3.63) is 12.2 Å². The number of amides is 1. The Balaban J connectivity index is 3.29. The van der Waals surface area contributed by atoms with Crippen LogP contribution in [0.5, 0.6) is 0 Å². The van der Waals surface area contributed by atoms with E-state index in [2.05, 4.69) is 0 Å². The van der Waals surface area contributed by atoms with E-state index in [1.54, 1.807) is 60.6 Å². The van der Waals surface area contributed by atoms with Crippen LogP contribution in [0.2, 0.25) is 0 Å². The van der Waals surface area contributed by atoms with Gasteiger partial charge in [-0.05, 0) is 39.2 Å². The van der Waals surface area contributed by atoms with Crippen LogP contribution in [0.3, 0.4) is 0 Å². The van der Waals surface area contributed by atoms with Crippen molar-refractivity contribution < 1.29 is 24.2 Å². The van der Waals surface area contributed by atoms with Crippen LogP contribution in [0.25, 0.3) is 0 Å². The number of hydrogen-bond donors (Lipinski definition) is 1. The largest absolute Gasteiger partial charge is 0.464 e. The number of carbonyl (C=O) groups excluding carboxylic acids is 2. The van der Waals surface area contributed by atoms with Crippen molar-refractivity contribution in [3.63, 3.8) is 0 Å². The van der Waals surface area contributed by atoms with Gasteiger partial charge in [0.1, 0.15) is 5.60 Å². The molecular weight excluding hydrogens is 298 g/mol. The number of aliphatic hydroxyl groups is 1. The van der Waals surface area contributed by atoms with Crippen molar-refractivity contribution in [2.45, 2.75) is 65.7 Å². The Labute approximate surface area is 138 Å². The minimum atomic E-state index is -1.57. The molecule has 132 valence electrons. The summed E-state index contributed by atoms with van der Waals surface area (Å²) < 4.78 is 10.6. The number of carbonyl (C=O) groups is 2. The summed E-state index contributed by atoms with van der Waals surface area (Å²) in [7, 11) is 0. The third-order valence-electron chi connectivity index (χ3n) is 3.56. The first-order chi connectivity index (χ1) is 10.4. The highest BCUT2D eigenvalue weighted by Crippen LogP contribution is 2.38. The summed E-state index contributed by atoms with van der Waals surface area (Å²) in [5.74, 6) is -0.651. The molecule has 0 fully saturated rings. The van der Waals surface area contributed by atoms with E-state index in [9.17, 15) is 14.7 Å². The third-order valence-corrected chi connectivity index (χ3v) is 3.56. The number of esters is 1. The van der Waals surface area contributed by atoms with Crippen molar-refractivity contribution >= 4 is 12.1 Å². The summed E-state index contributed by atoms with van der Waals surface area (Å²) in [4.78, 5) is 26.5. The van der Waals surface area contributed by atoms with E-state index in [0.717, 1.165) is 0 Å². The van der Waals surface area contributed by atoms with Crippen molar-refractivity contribution in [1.29, 1.82) is 0 Å². The maximum absolute atomic E-state index is 12.7. The fourth-order valence-corrected chi connectivity index (χ4v) is 2.56. The number of rotatable bonds is 3. The Bertz CT molecular complexity index is 486. The number of ether oxygens (including phenoxy) is 2. The molecule has 0 saturated heterocycles. The second-order valence-corrected chi connectivity index (χ2v) is 7.81. The standard InChI is InChI=1S/C17H29NO5/c1-8-22-13(20)17(12(19)15(2,3)4)10-9-11-18(17)14(21)23-16(5,6)7/h9-10,12,19H,8,11H2,1-7H3/t12-,17+/m0/s1. The van der Waals surface area contributed by atoms with Gasteiger partial charge in [0.25, 0.3) is 0 Å². The molecule has 0 spiro atoms. The zero-order valence-corrected chi connectivity index (χ0v) is 15.2. The highest BCUT2D eigenvalue weighted by atomic mass is 16.6. The molecule has 1 amide bonds. The van der Waals surface area contributed by atoms with Gasteiger partial charge < -0.3 is 14.6 Å². The Morgan fingerprint density at radius 1 is 1.26 bits per heavy atom. The predicted octanol–water partition coefficient (Wildman–Crippen LogP) is 2.50. The SMILES string of the molecule is CCOC(=O)[C@]1([C@@H](O)C(C)(C)C)C=CCN1C(=O)OC(C)(C)C. The zero-order valence-electron chi connectivity index (χ0n) is 15.2. The van der Waals surface area contributed by atoms with E-state index >= 15 is 0 Å². The van der Waals surface area contributed by atoms with Gasteiger partial charge in [-0.3, -0.25) is 4.90 Å². The summed E-state index contributed by atoms with van der Waals surface area (Å²) in [5.41, 5.74) is -2.91. The van der Waals surface area contributed by atoms with E-state index in [1.807, 2.05) is 0 Å². The fraction of sp³-hybridized carbons (Fsp3) is 0.765. The van der Waals surface area contributed by atoms with Crippen LogP contribution in [-0.2, 0) is 14.3 Å². The quantitative estimate of drug-likeness (QED) is 0.637. The molecule has 1 aliphatic heterocycles. The summed E-state index contributed by atoms with van der Waals surface area (Å²) in [6, 6.07) is 0. The zero-order chi connectivity index (χ0) is 18.1. The second-order valence-electron chi connectivity index (χ2n) is 7.81. The summed E-state index contributed by atoms with van der Waals surface area (Å²) in [5, 5.41) is 10.8. The molecule has 23 heavy (non-hydrogen) atoms. The molecule has 0 bridgehead atoms. The van der Waals surface area contributed by atoms with Gasteiger partial charge in [-0.2, -0.15) is 0 Å². The minimum absolute atomic E-state index is 0.160. The number of nitrogens with zero attached hydrogens (tertiary/aromatic N) is 1. The van der Waals surface area contributed by atoms with Crippen LogP contribution >= 0.6 is 0 Å². The predicted molar refractivity (Wildman–Crippen MR) is 86.9 cm³/mol. The van der Waals surface area contributed by atoms with Gasteiger partial charge in [0, 0.05) is 6.54 Å². The Hall–Kier alpha value is -1.56. The maximum Gasteiger partial charge on any atom is 0.411 e. The molecule has 1 heterocycles. The molecule has 2 atom stereocenters. The number of aliphatic hydroxyl groups excluding tert-OH is 1. The van der Waals surface area contributed by atoms with Crippen LogP contribution in [0.1, 0.15) is 48.5 Å². The van der Waals surface area contributed by atoms with E-state index in [-0.39, 0.29) is 13.2 Å². The first-order valence-corrected chi connectivity index (χ1v) is 7.90. The van der Waals surface area contributed by atoms with Gasteiger partial charge in [0.2, 0.25) is 0 Å². The lowest BCUT2D eigenvalue weighted by Crippen LogP contribution is -2.64. The smallest absolute Gasteiger partial charge is 0.411 e. The molecule has 0 aromatic rings. The lowest BCUT2D eigenvalue weighted by atomic mass is 9.76. The molecule has 6 nitrogen and oxygen atoms in total. The van der Waals surface area contributed by atoms with Gasteiger partial charge in [0.15, 0.2) is 5.54 Å². The maximum atomic E-state index is 12.7. The van der Waals surface area contributed by atoms with E-state index in [4.69, 9.17) is 9.47 Å². The Morgan fingerprint density at radius 2 is 1.83 bits per heavy atom. The lowest BCUT2D eigenvalue weighted by Gasteiger charge is -2.44. The van der Waals surface area contributed by atoms with E-state index in [1.165, 1.54) is 4.90 Å². The highest BCUT2D eigenvalue weighted by molar-refractivity contribution is 5.90. The fourth-order valence-electron chi connectivity index (χ4n) is 2.56. The van der Waals surface area contributed by atoms with E-state index in [0.29, 0.717) is 0 Å². The molecule has 1 N–H and O–H groups in total. The minimum Gasteiger partial charge on any atom is -0.464 e. The molecule has 1 rings (SSSR count). The first-order valence-electron chi connectivity index (χ1n) is 7.90.